The summed E-state index contributed by atoms with van der Waals surface area (Å²) in [6, 6.07) is 5.64. The summed E-state index contributed by atoms with van der Waals surface area (Å²) in [6.07, 6.45) is 2.68. The summed E-state index contributed by atoms with van der Waals surface area (Å²) in [5.74, 6) is -1.08. The minimum Gasteiger partial charge on any atom is -0.322 e. The van der Waals surface area contributed by atoms with Crippen LogP contribution >= 0.6 is 0 Å². The molecule has 2 aromatic rings. The molecule has 0 saturated carbocycles. The Morgan fingerprint density at radius 2 is 2.39 bits per heavy atom. The first kappa shape index (κ1) is 11.7. The van der Waals surface area contributed by atoms with Crippen molar-refractivity contribution in [2.24, 2.45) is 0 Å². The second-order valence-corrected chi connectivity index (χ2v) is 3.45. The van der Waals surface area contributed by atoms with Crippen LogP contribution < -0.4 is 5.32 Å². The van der Waals surface area contributed by atoms with Gasteiger partial charge in [0.15, 0.2) is 0 Å². The van der Waals surface area contributed by atoms with E-state index in [0.717, 1.165) is 6.07 Å². The lowest BCUT2D eigenvalue weighted by atomic mass is 10.2. The smallest absolute Gasteiger partial charge is 0.246 e. The number of carbonyl (C=O) groups is 1. The number of halogens is 1. The number of rotatable bonds is 3. The second-order valence-electron chi connectivity index (χ2n) is 3.45. The molecule has 18 heavy (non-hydrogen) atoms. The third kappa shape index (κ3) is 2.68. The summed E-state index contributed by atoms with van der Waals surface area (Å²) in [7, 11) is 0. The number of hydrogen-bond donors (Lipinski definition) is 1. The Morgan fingerprint density at radius 1 is 1.56 bits per heavy atom. The number of hydrogen-bond acceptors (Lipinski definition) is 4. The van der Waals surface area contributed by atoms with E-state index in [0.29, 0.717) is 0 Å². The van der Waals surface area contributed by atoms with E-state index in [-0.39, 0.29) is 17.8 Å². The largest absolute Gasteiger partial charge is 0.322 e. The highest BCUT2D eigenvalue weighted by Crippen LogP contribution is 2.15. The minimum atomic E-state index is -0.652. The van der Waals surface area contributed by atoms with Gasteiger partial charge in [0.1, 0.15) is 25.0 Å². The number of nitrogens with zero attached hydrogens (tertiary/aromatic N) is 4. The molecule has 6 nitrogen and oxygen atoms in total. The lowest BCUT2D eigenvalue weighted by molar-refractivity contribution is -0.116. The fourth-order valence-corrected chi connectivity index (χ4v) is 1.34. The van der Waals surface area contributed by atoms with E-state index < -0.39 is 11.7 Å². The predicted molar refractivity (Wildman–Crippen MR) is 59.8 cm³/mol. The van der Waals surface area contributed by atoms with E-state index in [9.17, 15) is 9.18 Å². The third-order valence-corrected chi connectivity index (χ3v) is 2.14. The Morgan fingerprint density at radius 3 is 3.00 bits per heavy atom. The Hall–Kier alpha value is -2.75. The summed E-state index contributed by atoms with van der Waals surface area (Å²) < 4.78 is 14.8. The molecule has 0 radical (unpaired) electrons. The van der Waals surface area contributed by atoms with E-state index in [4.69, 9.17) is 5.26 Å². The summed E-state index contributed by atoms with van der Waals surface area (Å²) in [5, 5.41) is 14.7. The molecule has 1 aromatic carbocycles. The van der Waals surface area contributed by atoms with Crippen LogP contribution in [0.15, 0.2) is 30.9 Å². The van der Waals surface area contributed by atoms with Crippen LogP contribution in [0.1, 0.15) is 5.56 Å². The van der Waals surface area contributed by atoms with Crippen LogP contribution in [0.5, 0.6) is 0 Å². The zero-order valence-electron chi connectivity index (χ0n) is 9.17. The summed E-state index contributed by atoms with van der Waals surface area (Å²) in [4.78, 5) is 15.2. The number of nitriles is 1. The molecule has 0 spiro atoms. The monoisotopic (exact) mass is 245 g/mol. The van der Waals surface area contributed by atoms with Gasteiger partial charge in [0.05, 0.1) is 17.3 Å². The Balaban J connectivity index is 2.05. The molecule has 90 valence electrons. The number of benzene rings is 1. The number of carbonyl (C=O) groups excluding carboxylic acids is 1. The molecule has 1 heterocycles. The maximum Gasteiger partial charge on any atom is 0.246 e. The maximum absolute atomic E-state index is 13.5. The van der Waals surface area contributed by atoms with Gasteiger partial charge in [-0.2, -0.15) is 10.4 Å². The summed E-state index contributed by atoms with van der Waals surface area (Å²) >= 11 is 0. The van der Waals surface area contributed by atoms with Crippen molar-refractivity contribution in [3.05, 3.63) is 42.2 Å². The van der Waals surface area contributed by atoms with Crippen molar-refractivity contribution < 1.29 is 9.18 Å². The van der Waals surface area contributed by atoms with Crippen LogP contribution in [0.3, 0.4) is 0 Å². The van der Waals surface area contributed by atoms with Crippen molar-refractivity contribution in [3.63, 3.8) is 0 Å². The Bertz CT molecular complexity index is 602. The SMILES string of the molecule is N#Cc1ccc(NC(=O)Cn2cncn2)c(F)c1. The first-order chi connectivity index (χ1) is 8.69. The van der Waals surface area contributed by atoms with Crippen LogP contribution in [-0.4, -0.2) is 20.7 Å². The van der Waals surface area contributed by atoms with Gasteiger partial charge in [-0.05, 0) is 18.2 Å². The average Bonchev–Trinajstić information content (AvgIpc) is 2.84. The first-order valence-electron chi connectivity index (χ1n) is 5.01. The summed E-state index contributed by atoms with van der Waals surface area (Å²) in [6.45, 7) is -0.0561. The van der Waals surface area contributed by atoms with Crippen molar-refractivity contribution >= 4 is 11.6 Å². The fourth-order valence-electron chi connectivity index (χ4n) is 1.34. The van der Waals surface area contributed by atoms with Crippen LogP contribution in [0.25, 0.3) is 0 Å². The molecule has 0 aliphatic heterocycles. The molecule has 0 atom stereocenters. The molecule has 0 bridgehead atoms. The van der Waals surface area contributed by atoms with Gasteiger partial charge in [-0.25, -0.2) is 14.1 Å². The van der Waals surface area contributed by atoms with Gasteiger partial charge in [0, 0.05) is 0 Å². The molecular formula is C11H8FN5O. The van der Waals surface area contributed by atoms with Gasteiger partial charge in [0.25, 0.3) is 0 Å². The maximum atomic E-state index is 13.5. The number of nitrogens with one attached hydrogen (secondary N) is 1. The van der Waals surface area contributed by atoms with E-state index in [1.54, 1.807) is 0 Å². The lowest BCUT2D eigenvalue weighted by Gasteiger charge is -2.06. The topological polar surface area (TPSA) is 83.6 Å². The molecule has 1 aromatic heterocycles. The molecule has 7 heteroatoms. The molecule has 0 unspecified atom stereocenters. The summed E-state index contributed by atoms with van der Waals surface area (Å²) in [5.41, 5.74) is 0.223. The van der Waals surface area contributed by atoms with Crippen molar-refractivity contribution in [1.29, 1.82) is 5.26 Å². The van der Waals surface area contributed by atoms with Crippen molar-refractivity contribution in [1.82, 2.24) is 14.8 Å². The molecule has 0 aliphatic rings. The highest BCUT2D eigenvalue weighted by atomic mass is 19.1. The van der Waals surface area contributed by atoms with Gasteiger partial charge in [0.2, 0.25) is 5.91 Å². The van der Waals surface area contributed by atoms with E-state index in [2.05, 4.69) is 15.4 Å². The van der Waals surface area contributed by atoms with Gasteiger partial charge < -0.3 is 5.32 Å². The van der Waals surface area contributed by atoms with Crippen molar-refractivity contribution in [3.8, 4) is 6.07 Å². The second kappa shape index (κ2) is 5.05. The number of aromatic nitrogens is 3. The molecular weight excluding hydrogens is 237 g/mol. The highest BCUT2D eigenvalue weighted by molar-refractivity contribution is 5.90. The molecule has 2 rings (SSSR count). The predicted octanol–water partition coefficient (Wildman–Crippen LogP) is 0.928. The number of anilines is 1. The number of amides is 1. The third-order valence-electron chi connectivity index (χ3n) is 2.14. The fraction of sp³-hybridized carbons (Fsp3) is 0.0909. The van der Waals surface area contributed by atoms with Crippen LogP contribution in [0.4, 0.5) is 10.1 Å². The standard InChI is InChI=1S/C11H8FN5O/c12-9-3-8(4-13)1-2-10(9)16-11(18)5-17-7-14-6-15-17/h1-3,6-7H,5H2,(H,16,18). The van der Waals surface area contributed by atoms with Crippen LogP contribution in [0, 0.1) is 17.1 Å². The molecule has 1 amide bonds. The zero-order valence-corrected chi connectivity index (χ0v) is 9.17. The van der Waals surface area contributed by atoms with Crippen LogP contribution in [-0.2, 0) is 11.3 Å². The van der Waals surface area contributed by atoms with Crippen molar-refractivity contribution in [2.45, 2.75) is 6.54 Å². The first-order valence-corrected chi connectivity index (χ1v) is 5.01. The van der Waals surface area contributed by atoms with Gasteiger partial charge >= 0.3 is 0 Å². The molecule has 0 saturated heterocycles. The molecule has 0 aliphatic carbocycles. The molecule has 1 N–H and O–H groups in total. The Labute approximate surface area is 102 Å². The Kier molecular flexibility index (Phi) is 3.29. The van der Waals surface area contributed by atoms with E-state index in [1.807, 2.05) is 6.07 Å². The van der Waals surface area contributed by atoms with Gasteiger partial charge in [-0.15, -0.1) is 0 Å². The molecule has 0 fully saturated rings. The zero-order chi connectivity index (χ0) is 13.0. The van der Waals surface area contributed by atoms with Crippen LogP contribution in [0.2, 0.25) is 0 Å². The highest BCUT2D eigenvalue weighted by Gasteiger charge is 2.08. The quantitative estimate of drug-likeness (QED) is 0.871. The van der Waals surface area contributed by atoms with Gasteiger partial charge in [-0.3, -0.25) is 4.79 Å². The lowest BCUT2D eigenvalue weighted by Crippen LogP contribution is -2.19. The van der Waals surface area contributed by atoms with E-state index >= 15 is 0 Å². The average molecular weight is 245 g/mol. The van der Waals surface area contributed by atoms with Crippen molar-refractivity contribution in [2.75, 3.05) is 5.32 Å². The minimum absolute atomic E-state index is 0.0270. The normalized spacial score (nSPS) is 9.78. The van der Waals surface area contributed by atoms with E-state index in [1.165, 1.54) is 29.5 Å². The van der Waals surface area contributed by atoms with Gasteiger partial charge in [-0.1, -0.05) is 0 Å².